The van der Waals surface area contributed by atoms with Crippen LogP contribution in [0.3, 0.4) is 0 Å². The molecule has 0 aliphatic carbocycles. The summed E-state index contributed by atoms with van der Waals surface area (Å²) in [7, 11) is 4.17. The number of nitrogens with one attached hydrogen (secondary N) is 1. The van der Waals surface area contributed by atoms with Gasteiger partial charge in [0.05, 0.1) is 23.7 Å². The molecule has 9 heteroatoms. The Morgan fingerprint density at radius 1 is 1.27 bits per heavy atom. The number of amides is 1. The Hall–Kier alpha value is -3.82. The first kappa shape index (κ1) is 22.4. The van der Waals surface area contributed by atoms with E-state index in [0.717, 1.165) is 5.56 Å². The summed E-state index contributed by atoms with van der Waals surface area (Å²) in [4.78, 5) is 18.9. The Kier molecular flexibility index (Phi) is 6.34. The van der Waals surface area contributed by atoms with Gasteiger partial charge in [0.15, 0.2) is 5.69 Å². The average Bonchev–Trinajstić information content (AvgIpc) is 3.29. The summed E-state index contributed by atoms with van der Waals surface area (Å²) in [5, 5.41) is 17.4. The van der Waals surface area contributed by atoms with Crippen LogP contribution in [0.15, 0.2) is 48.8 Å². The van der Waals surface area contributed by atoms with Crippen LogP contribution >= 0.6 is 9.24 Å². The van der Waals surface area contributed by atoms with Crippen molar-refractivity contribution in [3.05, 3.63) is 71.4 Å². The first-order valence-corrected chi connectivity index (χ1v) is 10.8. The normalized spacial score (nSPS) is 10.8. The van der Waals surface area contributed by atoms with Crippen LogP contribution in [-0.4, -0.2) is 39.6 Å². The fraction of sp³-hybridized carbons (Fsp3) is 0.167. The molecular formula is C24H21FN5O2P. The molecule has 0 fully saturated rings. The van der Waals surface area contributed by atoms with E-state index in [-0.39, 0.29) is 24.0 Å². The highest BCUT2D eigenvalue weighted by atomic mass is 31.0. The lowest BCUT2D eigenvalue weighted by atomic mass is 10.0. The number of nitrogens with zero attached hydrogens (tertiary/aromatic N) is 4. The van der Waals surface area contributed by atoms with E-state index in [1.807, 2.05) is 19.1 Å². The maximum Gasteiger partial charge on any atom is 0.254 e. The Morgan fingerprint density at radius 3 is 2.82 bits per heavy atom. The number of hydrogen-bond acceptors (Lipinski definition) is 5. The lowest BCUT2D eigenvalue weighted by Crippen LogP contribution is -2.26. The minimum absolute atomic E-state index is 0.217. The number of halogens is 1. The summed E-state index contributed by atoms with van der Waals surface area (Å²) in [6.45, 7) is 2.52. The fourth-order valence-electron chi connectivity index (χ4n) is 3.68. The highest BCUT2D eigenvalue weighted by Gasteiger charge is 2.18. The van der Waals surface area contributed by atoms with Crippen molar-refractivity contribution in [1.29, 1.82) is 5.26 Å². The number of pyridine rings is 1. The second-order valence-electron chi connectivity index (χ2n) is 7.48. The van der Waals surface area contributed by atoms with E-state index in [1.165, 1.54) is 12.1 Å². The van der Waals surface area contributed by atoms with E-state index >= 15 is 0 Å². The first-order valence-electron chi connectivity index (χ1n) is 10.2. The van der Waals surface area contributed by atoms with E-state index in [0.29, 0.717) is 45.3 Å². The number of aromatic nitrogens is 3. The molecule has 166 valence electrons. The van der Waals surface area contributed by atoms with Crippen LogP contribution in [-0.2, 0) is 6.54 Å². The Morgan fingerprint density at radius 2 is 2.09 bits per heavy atom. The molecule has 0 saturated carbocycles. The standard InChI is InChI=1S/C24H21FN5O2P/c1-3-32-22-8-14(4-5-19(22)15-6-17(25)9-18(33)7-15)24(31)30(2)13-16-11-27-21(10-26)20-12-28-29-23(16)20/h4-9,11-12H,3,13,33H2,1-2H3,(H,28,29). The van der Waals surface area contributed by atoms with Crippen LogP contribution in [0.1, 0.15) is 28.5 Å². The lowest BCUT2D eigenvalue weighted by Gasteiger charge is -2.19. The van der Waals surface area contributed by atoms with Crippen LogP contribution < -0.4 is 10.0 Å². The minimum atomic E-state index is -0.346. The van der Waals surface area contributed by atoms with Gasteiger partial charge in [-0.1, -0.05) is 0 Å². The van der Waals surface area contributed by atoms with Gasteiger partial charge in [0, 0.05) is 36.5 Å². The summed E-state index contributed by atoms with van der Waals surface area (Å²) in [5.41, 5.74) is 3.50. The molecule has 0 saturated heterocycles. The number of carbonyl (C=O) groups is 1. The number of aromatic amines is 1. The third kappa shape index (κ3) is 4.55. The molecule has 2 aromatic carbocycles. The van der Waals surface area contributed by atoms with E-state index in [4.69, 9.17) is 4.74 Å². The van der Waals surface area contributed by atoms with Crippen molar-refractivity contribution in [3.8, 4) is 22.9 Å². The first-order chi connectivity index (χ1) is 15.9. The molecule has 2 aromatic heterocycles. The van der Waals surface area contributed by atoms with E-state index in [2.05, 4.69) is 24.4 Å². The second-order valence-corrected chi connectivity index (χ2v) is 8.15. The monoisotopic (exact) mass is 461 g/mol. The molecule has 0 aliphatic heterocycles. The number of ether oxygens (including phenoxy) is 1. The van der Waals surface area contributed by atoms with Gasteiger partial charge in [-0.2, -0.15) is 10.4 Å². The zero-order chi connectivity index (χ0) is 23.5. The molecule has 1 atom stereocenters. The van der Waals surface area contributed by atoms with Gasteiger partial charge in [-0.05, 0) is 54.2 Å². The number of carbonyl (C=O) groups excluding carboxylic acids is 1. The third-order valence-electron chi connectivity index (χ3n) is 5.18. The van der Waals surface area contributed by atoms with Gasteiger partial charge in [-0.3, -0.25) is 9.89 Å². The van der Waals surface area contributed by atoms with E-state index in [1.54, 1.807) is 42.5 Å². The third-order valence-corrected chi connectivity index (χ3v) is 5.52. The molecule has 4 rings (SSSR count). The number of benzene rings is 2. The van der Waals surface area contributed by atoms with Crippen LogP contribution in [0.5, 0.6) is 5.75 Å². The van der Waals surface area contributed by atoms with Gasteiger partial charge in [-0.25, -0.2) is 9.37 Å². The summed E-state index contributed by atoms with van der Waals surface area (Å²) < 4.78 is 19.7. The van der Waals surface area contributed by atoms with Gasteiger partial charge >= 0.3 is 0 Å². The summed E-state index contributed by atoms with van der Waals surface area (Å²) in [6, 6.07) is 11.9. The Balaban J connectivity index is 1.63. The van der Waals surface area contributed by atoms with Gasteiger partial charge in [0.25, 0.3) is 5.91 Å². The molecular weight excluding hydrogens is 440 g/mol. The SMILES string of the molecule is CCOc1cc(C(=O)N(C)Cc2cnc(C#N)c3cn[nH]c23)ccc1-c1cc(F)cc(P)c1. The maximum absolute atomic E-state index is 13.9. The average molecular weight is 461 g/mol. The molecule has 0 aliphatic rings. The molecule has 7 nitrogen and oxygen atoms in total. The van der Waals surface area contributed by atoms with Gasteiger partial charge in [0.1, 0.15) is 17.6 Å². The van der Waals surface area contributed by atoms with Crippen LogP contribution in [0.2, 0.25) is 0 Å². The van der Waals surface area contributed by atoms with E-state index in [9.17, 15) is 14.4 Å². The van der Waals surface area contributed by atoms with Crippen molar-refractivity contribution in [1.82, 2.24) is 20.1 Å². The lowest BCUT2D eigenvalue weighted by molar-refractivity contribution is 0.0785. The Labute approximate surface area is 192 Å². The van der Waals surface area contributed by atoms with Crippen molar-refractivity contribution in [3.63, 3.8) is 0 Å². The van der Waals surface area contributed by atoms with Crippen LogP contribution in [0.25, 0.3) is 22.0 Å². The van der Waals surface area contributed by atoms with Crippen molar-refractivity contribution in [2.75, 3.05) is 13.7 Å². The molecule has 0 radical (unpaired) electrons. The molecule has 1 amide bonds. The van der Waals surface area contributed by atoms with Crippen molar-refractivity contribution in [2.24, 2.45) is 0 Å². The minimum Gasteiger partial charge on any atom is -0.493 e. The predicted molar refractivity (Wildman–Crippen MR) is 127 cm³/mol. The van der Waals surface area contributed by atoms with E-state index < -0.39 is 0 Å². The van der Waals surface area contributed by atoms with Crippen LogP contribution in [0.4, 0.5) is 4.39 Å². The second kappa shape index (κ2) is 9.35. The quantitative estimate of drug-likeness (QED) is 0.441. The topological polar surface area (TPSA) is 94.9 Å². The molecule has 33 heavy (non-hydrogen) atoms. The smallest absolute Gasteiger partial charge is 0.254 e. The van der Waals surface area contributed by atoms with Gasteiger partial charge in [0.2, 0.25) is 0 Å². The summed E-state index contributed by atoms with van der Waals surface area (Å²) in [6.07, 6.45) is 3.12. The van der Waals surface area contributed by atoms with Gasteiger partial charge in [-0.15, -0.1) is 9.24 Å². The molecule has 1 N–H and O–H groups in total. The molecule has 0 bridgehead atoms. The van der Waals surface area contributed by atoms with Crippen molar-refractivity contribution in [2.45, 2.75) is 13.5 Å². The highest BCUT2D eigenvalue weighted by molar-refractivity contribution is 7.27. The number of fused-ring (bicyclic) bond motifs is 1. The number of hydrogen-bond donors (Lipinski definition) is 1. The summed E-state index contributed by atoms with van der Waals surface area (Å²) >= 11 is 0. The largest absolute Gasteiger partial charge is 0.493 e. The van der Waals surface area contributed by atoms with Crippen molar-refractivity contribution < 1.29 is 13.9 Å². The molecule has 1 unspecified atom stereocenters. The number of rotatable bonds is 6. The zero-order valence-corrected chi connectivity index (χ0v) is 19.2. The van der Waals surface area contributed by atoms with Gasteiger partial charge < -0.3 is 9.64 Å². The number of H-pyrrole nitrogens is 1. The zero-order valence-electron chi connectivity index (χ0n) is 18.1. The predicted octanol–water partition coefficient (Wildman–Crippen LogP) is 3.81. The molecule has 4 aromatic rings. The molecule has 0 spiro atoms. The van der Waals surface area contributed by atoms with Crippen molar-refractivity contribution >= 4 is 31.4 Å². The molecule has 2 heterocycles. The van der Waals surface area contributed by atoms with Crippen LogP contribution in [0, 0.1) is 17.1 Å². The number of nitriles is 1. The summed E-state index contributed by atoms with van der Waals surface area (Å²) in [5.74, 6) is -0.0609. The highest BCUT2D eigenvalue weighted by Crippen LogP contribution is 2.32. The maximum atomic E-state index is 13.9. The fourth-order valence-corrected chi connectivity index (χ4v) is 4.02. The Bertz CT molecular complexity index is 1380.